The Morgan fingerprint density at radius 3 is 1.95 bits per heavy atom. The Bertz CT molecular complexity index is 268. The number of rotatable bonds is 14. The van der Waals surface area contributed by atoms with Crippen molar-refractivity contribution in [1.29, 1.82) is 0 Å². The molecule has 0 saturated heterocycles. The lowest BCUT2D eigenvalue weighted by molar-refractivity contribution is -0.121. The third kappa shape index (κ3) is 13.6. The number of hydrogen-bond donors (Lipinski definition) is 2. The van der Waals surface area contributed by atoms with E-state index < -0.39 is 6.10 Å². The molecule has 0 saturated carbocycles. The number of carbonyl (C=O) groups excluding carboxylic acids is 1. The second-order valence-corrected chi connectivity index (χ2v) is 5.47. The van der Waals surface area contributed by atoms with Gasteiger partial charge in [-0.3, -0.25) is 4.79 Å². The minimum atomic E-state index is -0.878. The molecule has 0 amide bonds. The lowest BCUT2D eigenvalue weighted by Crippen LogP contribution is -2.17. The third-order valence-electron chi connectivity index (χ3n) is 3.45. The fourth-order valence-corrected chi connectivity index (χ4v) is 2.22. The molecule has 0 aromatic carbocycles. The van der Waals surface area contributed by atoms with Crippen molar-refractivity contribution in [2.45, 2.75) is 83.2 Å². The molecule has 1 atom stereocenters. The number of carbonyl (C=O) groups is 1. The van der Waals surface area contributed by atoms with E-state index in [0.717, 1.165) is 25.7 Å². The van der Waals surface area contributed by atoms with E-state index in [9.17, 15) is 4.79 Å². The summed E-state index contributed by atoms with van der Waals surface area (Å²) in [7, 11) is 0. The van der Waals surface area contributed by atoms with Crippen LogP contribution in [0.2, 0.25) is 0 Å². The molecule has 0 spiro atoms. The molecule has 116 valence electrons. The van der Waals surface area contributed by atoms with Crippen LogP contribution in [0.3, 0.4) is 0 Å². The third-order valence-corrected chi connectivity index (χ3v) is 3.45. The Balaban J connectivity index is 3.17. The second-order valence-electron chi connectivity index (χ2n) is 5.47. The summed E-state index contributed by atoms with van der Waals surface area (Å²) in [6, 6.07) is 0. The molecule has 0 heterocycles. The number of ketones is 1. The summed E-state index contributed by atoms with van der Waals surface area (Å²) in [5.41, 5.74) is 0. The van der Waals surface area contributed by atoms with E-state index in [-0.39, 0.29) is 18.8 Å². The first kappa shape index (κ1) is 19.1. The van der Waals surface area contributed by atoms with Gasteiger partial charge in [-0.15, -0.1) is 12.3 Å². The van der Waals surface area contributed by atoms with Crippen molar-refractivity contribution in [1.82, 2.24) is 0 Å². The van der Waals surface area contributed by atoms with Crippen LogP contribution in [0.5, 0.6) is 0 Å². The SMILES string of the molecule is C#CCCCCCCCCCCCC(=O)C[C@@H](O)CO. The summed E-state index contributed by atoms with van der Waals surface area (Å²) >= 11 is 0. The van der Waals surface area contributed by atoms with Gasteiger partial charge in [0.1, 0.15) is 5.78 Å². The van der Waals surface area contributed by atoms with Crippen LogP contribution in [0.1, 0.15) is 77.0 Å². The highest BCUT2D eigenvalue weighted by Gasteiger charge is 2.08. The zero-order valence-corrected chi connectivity index (χ0v) is 12.6. The van der Waals surface area contributed by atoms with Crippen LogP contribution >= 0.6 is 0 Å². The summed E-state index contributed by atoms with van der Waals surface area (Å²) < 4.78 is 0. The lowest BCUT2D eigenvalue weighted by Gasteiger charge is -2.05. The Morgan fingerprint density at radius 2 is 1.45 bits per heavy atom. The van der Waals surface area contributed by atoms with Crippen molar-refractivity contribution < 1.29 is 15.0 Å². The summed E-state index contributed by atoms with van der Waals surface area (Å²) in [4.78, 5) is 11.4. The average molecular weight is 282 g/mol. The van der Waals surface area contributed by atoms with Crippen LogP contribution in [-0.2, 0) is 4.79 Å². The minimum absolute atomic E-state index is 0.0556. The molecule has 3 nitrogen and oxygen atoms in total. The van der Waals surface area contributed by atoms with E-state index in [1.807, 2.05) is 0 Å². The molecule has 0 unspecified atom stereocenters. The van der Waals surface area contributed by atoms with Gasteiger partial charge in [-0.1, -0.05) is 44.9 Å². The van der Waals surface area contributed by atoms with E-state index in [1.165, 1.54) is 38.5 Å². The Kier molecular flexibility index (Phi) is 13.9. The highest BCUT2D eigenvalue weighted by atomic mass is 16.3. The molecule has 0 radical (unpaired) electrons. The molecule has 0 aliphatic heterocycles. The average Bonchev–Trinajstić information content (AvgIpc) is 2.44. The number of aliphatic hydroxyl groups is 2. The molecular weight excluding hydrogens is 252 g/mol. The number of Topliss-reactive ketones (excluding diaryl/α,β-unsaturated/α-hetero) is 1. The van der Waals surface area contributed by atoms with Gasteiger partial charge in [0, 0.05) is 19.3 Å². The van der Waals surface area contributed by atoms with Gasteiger partial charge in [0.05, 0.1) is 12.7 Å². The predicted octanol–water partition coefficient (Wildman–Crippen LogP) is 3.22. The van der Waals surface area contributed by atoms with Gasteiger partial charge in [0.15, 0.2) is 0 Å². The van der Waals surface area contributed by atoms with Crippen molar-refractivity contribution in [3.8, 4) is 12.3 Å². The highest BCUT2D eigenvalue weighted by molar-refractivity contribution is 5.78. The Morgan fingerprint density at radius 1 is 0.950 bits per heavy atom. The number of terminal acetylenes is 1. The van der Waals surface area contributed by atoms with Crippen LogP contribution in [0, 0.1) is 12.3 Å². The molecular formula is C17H30O3. The molecule has 0 rings (SSSR count). The van der Waals surface area contributed by atoms with E-state index in [2.05, 4.69) is 5.92 Å². The van der Waals surface area contributed by atoms with Crippen molar-refractivity contribution in [3.63, 3.8) is 0 Å². The van der Waals surface area contributed by atoms with Crippen LogP contribution < -0.4 is 0 Å². The van der Waals surface area contributed by atoms with Gasteiger partial charge in [-0.25, -0.2) is 0 Å². The maximum atomic E-state index is 11.4. The number of hydrogen-bond acceptors (Lipinski definition) is 3. The van der Waals surface area contributed by atoms with Gasteiger partial charge in [-0.2, -0.15) is 0 Å². The Hall–Kier alpha value is -0.850. The smallest absolute Gasteiger partial charge is 0.135 e. The number of aliphatic hydroxyl groups excluding tert-OH is 2. The fourth-order valence-electron chi connectivity index (χ4n) is 2.22. The standard InChI is InChI=1S/C17H30O3/c1-2-3-4-5-6-7-8-9-10-11-12-13-16(19)14-17(20)15-18/h1,17-18,20H,3-15H2/t17-/m1/s1. The van der Waals surface area contributed by atoms with E-state index in [0.29, 0.717) is 6.42 Å². The molecule has 0 aliphatic carbocycles. The monoisotopic (exact) mass is 282 g/mol. The summed E-state index contributed by atoms with van der Waals surface area (Å²) in [5, 5.41) is 17.8. The van der Waals surface area contributed by atoms with Gasteiger partial charge in [0.25, 0.3) is 0 Å². The maximum Gasteiger partial charge on any atom is 0.135 e. The van der Waals surface area contributed by atoms with Crippen LogP contribution in [-0.4, -0.2) is 28.7 Å². The molecule has 0 aromatic rings. The molecule has 0 aliphatic rings. The van der Waals surface area contributed by atoms with E-state index in [1.54, 1.807) is 0 Å². The first-order valence-corrected chi connectivity index (χ1v) is 7.94. The maximum absolute atomic E-state index is 11.4. The summed E-state index contributed by atoms with van der Waals surface area (Å²) in [6.07, 6.45) is 16.5. The molecule has 3 heteroatoms. The van der Waals surface area contributed by atoms with Crippen molar-refractivity contribution >= 4 is 5.78 Å². The Labute approximate surface area is 123 Å². The zero-order chi connectivity index (χ0) is 15.1. The van der Waals surface area contributed by atoms with Crippen LogP contribution in [0.25, 0.3) is 0 Å². The normalized spacial score (nSPS) is 12.1. The van der Waals surface area contributed by atoms with Crippen LogP contribution in [0.15, 0.2) is 0 Å². The lowest BCUT2D eigenvalue weighted by atomic mass is 10.0. The molecule has 20 heavy (non-hydrogen) atoms. The van der Waals surface area contributed by atoms with Gasteiger partial charge >= 0.3 is 0 Å². The fraction of sp³-hybridized carbons (Fsp3) is 0.824. The van der Waals surface area contributed by atoms with Gasteiger partial charge < -0.3 is 10.2 Å². The van der Waals surface area contributed by atoms with Crippen molar-refractivity contribution in [2.24, 2.45) is 0 Å². The predicted molar refractivity (Wildman–Crippen MR) is 82.3 cm³/mol. The molecule has 0 bridgehead atoms. The van der Waals surface area contributed by atoms with Crippen LogP contribution in [0.4, 0.5) is 0 Å². The van der Waals surface area contributed by atoms with Gasteiger partial charge in [0.2, 0.25) is 0 Å². The first-order valence-electron chi connectivity index (χ1n) is 7.94. The quantitative estimate of drug-likeness (QED) is 0.380. The molecule has 2 N–H and O–H groups in total. The molecule has 0 fully saturated rings. The first-order chi connectivity index (χ1) is 9.70. The van der Waals surface area contributed by atoms with Gasteiger partial charge in [-0.05, 0) is 12.8 Å². The highest BCUT2D eigenvalue weighted by Crippen LogP contribution is 2.11. The zero-order valence-electron chi connectivity index (χ0n) is 12.6. The number of unbranched alkanes of at least 4 members (excludes halogenated alkanes) is 9. The van der Waals surface area contributed by atoms with E-state index >= 15 is 0 Å². The van der Waals surface area contributed by atoms with E-state index in [4.69, 9.17) is 16.6 Å². The minimum Gasteiger partial charge on any atom is -0.394 e. The summed E-state index contributed by atoms with van der Waals surface area (Å²) in [6.45, 7) is -0.326. The van der Waals surface area contributed by atoms with Crippen molar-refractivity contribution in [3.05, 3.63) is 0 Å². The van der Waals surface area contributed by atoms with Crippen molar-refractivity contribution in [2.75, 3.05) is 6.61 Å². The summed E-state index contributed by atoms with van der Waals surface area (Å²) in [5.74, 6) is 2.72. The largest absolute Gasteiger partial charge is 0.394 e. The molecule has 0 aromatic heterocycles. The second kappa shape index (κ2) is 14.6. The topological polar surface area (TPSA) is 57.5 Å².